The fourth-order valence-corrected chi connectivity index (χ4v) is 17.5. The van der Waals surface area contributed by atoms with E-state index < -0.39 is 18.8 Å². The summed E-state index contributed by atoms with van der Waals surface area (Å²) in [6.45, 7) is 9.08. The van der Waals surface area contributed by atoms with E-state index in [0.717, 1.165) is 6.42 Å². The van der Waals surface area contributed by atoms with Crippen molar-refractivity contribution in [2.75, 3.05) is 0 Å². The van der Waals surface area contributed by atoms with Crippen molar-refractivity contribution in [3.63, 3.8) is 0 Å². The van der Waals surface area contributed by atoms with Gasteiger partial charge in [-0.3, -0.25) is 0 Å². The Balaban J connectivity index is 4.07. The SMILES string of the molecule is CCCCCCCCCCCCCC(=O)[O][Sn]([CH2]CCC)([CH2]CCC)[CH2]CCC. The van der Waals surface area contributed by atoms with Crippen molar-refractivity contribution in [2.24, 2.45) is 0 Å². The van der Waals surface area contributed by atoms with Crippen LogP contribution in [-0.2, 0) is 7.87 Å². The number of unbranched alkanes of at least 4 members (excludes halogenated alkanes) is 13. The molecule has 2 nitrogen and oxygen atoms in total. The van der Waals surface area contributed by atoms with Crippen LogP contribution in [0.5, 0.6) is 0 Å². The van der Waals surface area contributed by atoms with Crippen molar-refractivity contribution in [1.82, 2.24) is 0 Å². The quantitative estimate of drug-likeness (QED) is 0.106. The zero-order valence-electron chi connectivity index (χ0n) is 20.7. The van der Waals surface area contributed by atoms with Gasteiger partial charge in [0.2, 0.25) is 0 Å². The van der Waals surface area contributed by atoms with Gasteiger partial charge in [-0.25, -0.2) is 0 Å². The van der Waals surface area contributed by atoms with Crippen LogP contribution in [0.1, 0.15) is 143 Å². The summed E-state index contributed by atoms with van der Waals surface area (Å²) in [7, 11) is 0. The van der Waals surface area contributed by atoms with Crippen LogP contribution in [0.3, 0.4) is 0 Å². The van der Waals surface area contributed by atoms with Crippen LogP contribution in [0, 0.1) is 0 Å². The number of carbonyl (C=O) groups excluding carboxylic acids is 1. The fourth-order valence-electron chi connectivity index (χ4n) is 4.25. The number of carbonyl (C=O) groups is 1. The summed E-state index contributed by atoms with van der Waals surface area (Å²) in [5.41, 5.74) is 0. The Labute approximate surface area is 188 Å². The standard InChI is InChI=1S/C14H28O2.3C4H9.Sn/c1-2-3-4-5-6-7-8-9-10-11-12-13-14(15)16;3*1-3-4-2;/h2-13H2,1H3,(H,15,16);3*1,3-4H2,2H3;/q;;;;+1/p-1. The minimum absolute atomic E-state index is 0.153. The van der Waals surface area contributed by atoms with Crippen LogP contribution in [0.25, 0.3) is 0 Å². The van der Waals surface area contributed by atoms with Gasteiger partial charge in [-0.05, 0) is 0 Å². The molecule has 0 atom stereocenters. The summed E-state index contributed by atoms with van der Waals surface area (Å²) >= 11 is -2.74. The maximum atomic E-state index is 12.6. The Morgan fingerprint density at radius 1 is 0.517 bits per heavy atom. The van der Waals surface area contributed by atoms with Gasteiger partial charge >= 0.3 is 169 Å². The first-order valence-electron chi connectivity index (χ1n) is 13.4. The first kappa shape index (κ1) is 29.3. The monoisotopic (exact) mass is 518 g/mol. The van der Waals surface area contributed by atoms with E-state index in [4.69, 9.17) is 3.07 Å². The molecule has 0 bridgehead atoms. The first-order chi connectivity index (χ1) is 14.1. The molecule has 0 unspecified atom stereocenters. The second-order valence-electron chi connectivity index (χ2n) is 9.25. The number of rotatable bonds is 22. The van der Waals surface area contributed by atoms with Gasteiger partial charge in [0.15, 0.2) is 0 Å². The molecule has 0 aliphatic carbocycles. The molecule has 0 amide bonds. The third-order valence-electron chi connectivity index (χ3n) is 6.27. The Morgan fingerprint density at radius 3 is 1.24 bits per heavy atom. The molecule has 0 aliphatic heterocycles. The Kier molecular flexibility index (Phi) is 21.7. The van der Waals surface area contributed by atoms with Crippen LogP contribution in [-0.4, -0.2) is 24.8 Å². The average molecular weight is 517 g/mol. The van der Waals surface area contributed by atoms with Gasteiger partial charge in [0.25, 0.3) is 0 Å². The third kappa shape index (κ3) is 17.6. The maximum absolute atomic E-state index is 12.6. The normalized spacial score (nSPS) is 11.7. The Hall–Kier alpha value is 0.269. The second-order valence-corrected chi connectivity index (χ2v) is 20.9. The molecule has 0 rings (SSSR count). The summed E-state index contributed by atoms with van der Waals surface area (Å²) in [6, 6.07) is 0. The van der Waals surface area contributed by atoms with E-state index in [-0.39, 0.29) is 5.97 Å². The molecule has 0 aromatic rings. The molecule has 0 heterocycles. The van der Waals surface area contributed by atoms with Crippen LogP contribution in [0.15, 0.2) is 0 Å². The van der Waals surface area contributed by atoms with Gasteiger partial charge in [0.1, 0.15) is 0 Å². The van der Waals surface area contributed by atoms with Crippen LogP contribution in [0.2, 0.25) is 13.3 Å². The fraction of sp³-hybridized carbons (Fsp3) is 0.962. The number of hydrogen-bond donors (Lipinski definition) is 0. The molecule has 29 heavy (non-hydrogen) atoms. The summed E-state index contributed by atoms with van der Waals surface area (Å²) < 4.78 is 10.2. The van der Waals surface area contributed by atoms with Crippen LogP contribution >= 0.6 is 0 Å². The molecule has 0 aliphatic rings. The molecule has 0 fully saturated rings. The second kappa shape index (κ2) is 21.5. The van der Waals surface area contributed by atoms with Crippen molar-refractivity contribution in [1.29, 1.82) is 0 Å². The molecule has 0 radical (unpaired) electrons. The van der Waals surface area contributed by atoms with E-state index in [9.17, 15) is 4.79 Å². The van der Waals surface area contributed by atoms with Crippen molar-refractivity contribution in [2.45, 2.75) is 157 Å². The minimum atomic E-state index is -2.74. The molecular formula is C26H54O2Sn. The topological polar surface area (TPSA) is 26.3 Å². The summed E-state index contributed by atoms with van der Waals surface area (Å²) in [5, 5.41) is 0. The molecule has 0 N–H and O–H groups in total. The van der Waals surface area contributed by atoms with Gasteiger partial charge in [-0.15, -0.1) is 0 Å². The van der Waals surface area contributed by atoms with Gasteiger partial charge in [0.05, 0.1) is 0 Å². The van der Waals surface area contributed by atoms with Crippen molar-refractivity contribution >= 4 is 24.8 Å². The molecule has 0 aromatic heterocycles. The molecule has 0 spiro atoms. The Bertz CT molecular complexity index is 335. The molecule has 174 valence electrons. The van der Waals surface area contributed by atoms with Crippen molar-refractivity contribution in [3.05, 3.63) is 0 Å². The van der Waals surface area contributed by atoms with Gasteiger partial charge < -0.3 is 0 Å². The Morgan fingerprint density at radius 2 is 0.862 bits per heavy atom. The first-order valence-corrected chi connectivity index (χ1v) is 20.6. The molecule has 0 saturated heterocycles. The summed E-state index contributed by atoms with van der Waals surface area (Å²) in [5.74, 6) is 0.153. The molecule has 0 saturated carbocycles. The van der Waals surface area contributed by atoms with E-state index in [1.165, 1.54) is 116 Å². The van der Waals surface area contributed by atoms with Crippen LogP contribution < -0.4 is 0 Å². The molecule has 0 aromatic carbocycles. The van der Waals surface area contributed by atoms with Gasteiger partial charge in [0, 0.05) is 0 Å². The number of hydrogen-bond acceptors (Lipinski definition) is 2. The van der Waals surface area contributed by atoms with Gasteiger partial charge in [-0.2, -0.15) is 0 Å². The van der Waals surface area contributed by atoms with E-state index in [1.807, 2.05) is 0 Å². The zero-order chi connectivity index (χ0) is 21.6. The van der Waals surface area contributed by atoms with Crippen molar-refractivity contribution < 1.29 is 7.87 Å². The average Bonchev–Trinajstić information content (AvgIpc) is 2.73. The predicted octanol–water partition coefficient (Wildman–Crippen LogP) is 9.58. The van der Waals surface area contributed by atoms with Gasteiger partial charge in [-0.1, -0.05) is 19.8 Å². The van der Waals surface area contributed by atoms with Crippen LogP contribution in [0.4, 0.5) is 0 Å². The third-order valence-corrected chi connectivity index (χ3v) is 19.0. The van der Waals surface area contributed by atoms with E-state index in [0.29, 0.717) is 6.42 Å². The molecular weight excluding hydrogens is 463 g/mol. The van der Waals surface area contributed by atoms with Crippen molar-refractivity contribution in [3.8, 4) is 0 Å². The summed E-state index contributed by atoms with van der Waals surface area (Å²) in [4.78, 5) is 12.6. The predicted molar refractivity (Wildman–Crippen MR) is 132 cm³/mol. The van der Waals surface area contributed by atoms with E-state index >= 15 is 0 Å². The molecule has 3 heteroatoms. The van der Waals surface area contributed by atoms with E-state index in [1.54, 1.807) is 0 Å². The van der Waals surface area contributed by atoms with E-state index in [2.05, 4.69) is 27.7 Å². The summed E-state index contributed by atoms with van der Waals surface area (Å²) in [6.07, 6.45) is 22.8. The zero-order valence-corrected chi connectivity index (χ0v) is 23.5.